The lowest BCUT2D eigenvalue weighted by Gasteiger charge is -1.96. The number of hydrogen-bond donors (Lipinski definition) is 1. The van der Waals surface area contributed by atoms with Gasteiger partial charge in [-0.05, 0) is 6.92 Å². The zero-order chi connectivity index (χ0) is 13.3. The molecule has 0 unspecified atom stereocenters. The molecule has 10 heteroatoms. The second-order valence-corrected chi connectivity index (χ2v) is 7.64. The van der Waals surface area contributed by atoms with Crippen LogP contribution in [0.25, 0.3) is 0 Å². The van der Waals surface area contributed by atoms with Crippen LogP contribution in [0.1, 0.15) is 16.2 Å². The standard InChI is InChI=1S/C8H6ClN3O3S3/c1-4-7(18(9,14)15)17-8(11-4)12-6(13)5-2-16-3-10-5/h2-3H,1H3,(H,11,12,13). The molecule has 0 aliphatic rings. The van der Waals surface area contributed by atoms with Crippen LogP contribution < -0.4 is 5.32 Å². The van der Waals surface area contributed by atoms with Gasteiger partial charge in [0.25, 0.3) is 15.0 Å². The molecule has 0 aromatic carbocycles. The van der Waals surface area contributed by atoms with Crippen molar-refractivity contribution in [1.82, 2.24) is 9.97 Å². The summed E-state index contributed by atoms with van der Waals surface area (Å²) in [5.41, 5.74) is 2.03. The van der Waals surface area contributed by atoms with E-state index in [1.807, 2.05) is 0 Å². The summed E-state index contributed by atoms with van der Waals surface area (Å²) >= 11 is 2.09. The summed E-state index contributed by atoms with van der Waals surface area (Å²) in [7, 11) is 1.39. The first-order valence-electron chi connectivity index (χ1n) is 4.49. The van der Waals surface area contributed by atoms with Gasteiger partial charge in [-0.2, -0.15) is 0 Å². The molecule has 1 amide bonds. The van der Waals surface area contributed by atoms with E-state index < -0.39 is 15.0 Å². The zero-order valence-electron chi connectivity index (χ0n) is 8.88. The molecule has 2 aromatic heterocycles. The molecule has 0 atom stereocenters. The fourth-order valence-corrected chi connectivity index (χ4v) is 4.03. The second-order valence-electron chi connectivity index (χ2n) is 3.16. The predicted octanol–water partition coefficient (Wildman–Crippen LogP) is 2.09. The summed E-state index contributed by atoms with van der Waals surface area (Å²) in [4.78, 5) is 19.4. The maximum atomic E-state index is 11.7. The average molecular weight is 324 g/mol. The highest BCUT2D eigenvalue weighted by Crippen LogP contribution is 2.29. The fourth-order valence-electron chi connectivity index (χ4n) is 1.15. The third-order valence-electron chi connectivity index (χ3n) is 1.86. The number of hydrogen-bond acceptors (Lipinski definition) is 7. The second kappa shape index (κ2) is 4.92. The Labute approximate surface area is 115 Å². The number of rotatable bonds is 3. The Morgan fingerprint density at radius 2 is 2.22 bits per heavy atom. The van der Waals surface area contributed by atoms with Crippen molar-refractivity contribution < 1.29 is 13.2 Å². The minimum Gasteiger partial charge on any atom is -0.296 e. The third kappa shape index (κ3) is 2.86. The van der Waals surface area contributed by atoms with Crippen molar-refractivity contribution in [2.75, 3.05) is 5.32 Å². The summed E-state index contributed by atoms with van der Waals surface area (Å²) in [5.74, 6) is -0.441. The highest BCUT2D eigenvalue weighted by Gasteiger charge is 2.20. The smallest absolute Gasteiger partial charge is 0.276 e. The van der Waals surface area contributed by atoms with Gasteiger partial charge in [-0.15, -0.1) is 11.3 Å². The largest absolute Gasteiger partial charge is 0.296 e. The number of aryl methyl sites for hydroxylation is 1. The van der Waals surface area contributed by atoms with Crippen LogP contribution in [0.5, 0.6) is 0 Å². The summed E-state index contributed by atoms with van der Waals surface area (Å²) in [5, 5.41) is 4.22. The van der Waals surface area contributed by atoms with Gasteiger partial charge in [-0.25, -0.2) is 18.4 Å². The van der Waals surface area contributed by atoms with E-state index in [1.165, 1.54) is 23.8 Å². The minimum absolute atomic E-state index is 0.0715. The molecule has 2 heterocycles. The van der Waals surface area contributed by atoms with Crippen LogP contribution in [0, 0.1) is 6.92 Å². The number of nitrogens with one attached hydrogen (secondary N) is 1. The lowest BCUT2D eigenvalue weighted by atomic mass is 10.5. The van der Waals surface area contributed by atoms with Gasteiger partial charge in [0.05, 0.1) is 11.2 Å². The van der Waals surface area contributed by atoms with Gasteiger partial charge in [-0.3, -0.25) is 10.1 Å². The number of carbonyl (C=O) groups is 1. The van der Waals surface area contributed by atoms with Gasteiger partial charge < -0.3 is 0 Å². The van der Waals surface area contributed by atoms with E-state index in [-0.39, 0.29) is 20.7 Å². The van der Waals surface area contributed by atoms with Crippen molar-refractivity contribution >= 4 is 53.4 Å². The molecule has 18 heavy (non-hydrogen) atoms. The lowest BCUT2D eigenvalue weighted by Crippen LogP contribution is -2.11. The van der Waals surface area contributed by atoms with Crippen molar-refractivity contribution in [1.29, 1.82) is 0 Å². The SMILES string of the molecule is Cc1nc(NC(=O)c2cscn2)sc1S(=O)(=O)Cl. The molecule has 0 aliphatic heterocycles. The van der Waals surface area contributed by atoms with E-state index in [0.29, 0.717) is 0 Å². The Hall–Kier alpha value is -1.03. The first-order valence-corrected chi connectivity index (χ1v) is 8.56. The highest BCUT2D eigenvalue weighted by atomic mass is 35.7. The van der Waals surface area contributed by atoms with Crippen LogP contribution in [-0.2, 0) is 9.05 Å². The Kier molecular flexibility index (Phi) is 3.66. The van der Waals surface area contributed by atoms with E-state index in [2.05, 4.69) is 15.3 Å². The number of nitrogens with zero attached hydrogens (tertiary/aromatic N) is 2. The monoisotopic (exact) mass is 323 g/mol. The third-order valence-corrected chi connectivity index (χ3v) is 5.70. The van der Waals surface area contributed by atoms with Gasteiger partial charge in [0.15, 0.2) is 9.34 Å². The predicted molar refractivity (Wildman–Crippen MR) is 70.0 cm³/mol. The molecule has 0 aliphatic carbocycles. The Bertz CT molecular complexity index is 678. The van der Waals surface area contributed by atoms with Crippen molar-refractivity contribution in [2.45, 2.75) is 11.1 Å². The first-order chi connectivity index (χ1) is 8.38. The summed E-state index contributed by atoms with van der Waals surface area (Å²) in [6.07, 6.45) is 0. The Morgan fingerprint density at radius 3 is 2.72 bits per heavy atom. The molecule has 0 saturated heterocycles. The van der Waals surface area contributed by atoms with Gasteiger partial charge in [-0.1, -0.05) is 11.3 Å². The lowest BCUT2D eigenvalue weighted by molar-refractivity contribution is 0.102. The summed E-state index contributed by atoms with van der Waals surface area (Å²) < 4.78 is 22.3. The van der Waals surface area contributed by atoms with Crippen molar-refractivity contribution in [3.05, 3.63) is 22.3 Å². The van der Waals surface area contributed by atoms with E-state index in [1.54, 1.807) is 5.38 Å². The topological polar surface area (TPSA) is 89.0 Å². The first kappa shape index (κ1) is 13.4. The maximum absolute atomic E-state index is 11.7. The number of thiazole rings is 2. The van der Waals surface area contributed by atoms with Crippen LogP contribution in [0.4, 0.5) is 5.13 Å². The van der Waals surface area contributed by atoms with Crippen molar-refractivity contribution in [3.63, 3.8) is 0 Å². The highest BCUT2D eigenvalue weighted by molar-refractivity contribution is 8.15. The van der Waals surface area contributed by atoms with Gasteiger partial charge in [0.1, 0.15) is 5.69 Å². The molecule has 6 nitrogen and oxygen atoms in total. The van der Waals surface area contributed by atoms with Crippen LogP contribution in [-0.4, -0.2) is 24.3 Å². The van der Waals surface area contributed by atoms with Crippen LogP contribution in [0.15, 0.2) is 15.1 Å². The average Bonchev–Trinajstić information content (AvgIpc) is 2.85. The molecule has 2 rings (SSSR count). The van der Waals surface area contributed by atoms with Gasteiger partial charge in [0.2, 0.25) is 0 Å². The molecule has 0 saturated carbocycles. The molecule has 0 radical (unpaired) electrons. The van der Waals surface area contributed by atoms with Gasteiger partial charge >= 0.3 is 0 Å². The zero-order valence-corrected chi connectivity index (χ0v) is 12.1. The quantitative estimate of drug-likeness (QED) is 0.874. The Morgan fingerprint density at radius 1 is 1.50 bits per heavy atom. The number of carbonyl (C=O) groups excluding carboxylic acids is 1. The van der Waals surface area contributed by atoms with Crippen LogP contribution >= 0.6 is 33.4 Å². The molecule has 1 N–H and O–H groups in total. The normalized spacial score (nSPS) is 11.4. The van der Waals surface area contributed by atoms with E-state index >= 15 is 0 Å². The van der Waals surface area contributed by atoms with E-state index in [4.69, 9.17) is 10.7 Å². The number of amides is 1. The Balaban J connectivity index is 2.24. The van der Waals surface area contributed by atoms with Crippen molar-refractivity contribution in [2.24, 2.45) is 0 Å². The van der Waals surface area contributed by atoms with E-state index in [9.17, 15) is 13.2 Å². The molecule has 96 valence electrons. The number of halogens is 1. The molecule has 0 bridgehead atoms. The minimum atomic E-state index is -3.84. The maximum Gasteiger partial charge on any atom is 0.276 e. The number of aromatic nitrogens is 2. The fraction of sp³-hybridized carbons (Fsp3) is 0.125. The summed E-state index contributed by atoms with van der Waals surface area (Å²) in [6, 6.07) is 0. The van der Waals surface area contributed by atoms with Crippen molar-refractivity contribution in [3.8, 4) is 0 Å². The molecular formula is C8H6ClN3O3S3. The van der Waals surface area contributed by atoms with Crippen LogP contribution in [0.2, 0.25) is 0 Å². The summed E-state index contributed by atoms with van der Waals surface area (Å²) in [6.45, 7) is 1.50. The van der Waals surface area contributed by atoms with E-state index in [0.717, 1.165) is 11.3 Å². The number of anilines is 1. The molecule has 2 aromatic rings. The molecule has 0 fully saturated rings. The molecule has 0 spiro atoms. The van der Waals surface area contributed by atoms with Crippen LogP contribution in [0.3, 0.4) is 0 Å². The van der Waals surface area contributed by atoms with Gasteiger partial charge in [0, 0.05) is 16.1 Å². The molecular weight excluding hydrogens is 318 g/mol.